The number of hydrogen-bond acceptors (Lipinski definition) is 3. The summed E-state index contributed by atoms with van der Waals surface area (Å²) in [6.45, 7) is 2.72. The molecule has 19 heavy (non-hydrogen) atoms. The van der Waals surface area contributed by atoms with Crippen LogP contribution in [0.3, 0.4) is 0 Å². The van der Waals surface area contributed by atoms with E-state index in [0.717, 1.165) is 6.42 Å². The second-order valence-electron chi connectivity index (χ2n) is 4.23. The molecular weight excluding hydrogens is 264 g/mol. The van der Waals surface area contributed by atoms with E-state index in [2.05, 4.69) is 15.3 Å². The Labute approximate surface area is 116 Å². The van der Waals surface area contributed by atoms with Crippen LogP contribution in [0.5, 0.6) is 0 Å². The second-order valence-corrected chi connectivity index (χ2v) is 4.67. The Balaban J connectivity index is 2.00. The van der Waals surface area contributed by atoms with Crippen LogP contribution in [0, 0.1) is 0 Å². The Morgan fingerprint density at radius 3 is 2.95 bits per heavy atom. The normalized spacial score (nSPS) is 12.1. The minimum atomic E-state index is -0.165. The number of hydrogen-bond donors (Lipinski definition) is 1. The van der Waals surface area contributed by atoms with Gasteiger partial charge in [-0.15, -0.1) is 0 Å². The van der Waals surface area contributed by atoms with Gasteiger partial charge >= 0.3 is 0 Å². The van der Waals surface area contributed by atoms with Crippen LogP contribution in [-0.2, 0) is 6.54 Å². The van der Waals surface area contributed by atoms with Crippen molar-refractivity contribution >= 4 is 17.5 Å². The van der Waals surface area contributed by atoms with Gasteiger partial charge in [-0.25, -0.2) is 4.98 Å². The lowest BCUT2D eigenvalue weighted by Gasteiger charge is -2.17. The molecule has 5 nitrogen and oxygen atoms in total. The molecule has 0 fully saturated rings. The third-order valence-corrected chi connectivity index (χ3v) is 2.99. The van der Waals surface area contributed by atoms with Gasteiger partial charge in [0, 0.05) is 37.4 Å². The smallest absolute Gasteiger partial charge is 0.253 e. The van der Waals surface area contributed by atoms with Crippen LogP contribution >= 0.6 is 11.6 Å². The maximum absolute atomic E-state index is 12.1. The summed E-state index contributed by atoms with van der Waals surface area (Å²) in [7, 11) is 0. The van der Waals surface area contributed by atoms with Gasteiger partial charge in [0.05, 0.1) is 16.9 Å². The number of carbonyl (C=O) groups is 1. The van der Waals surface area contributed by atoms with Gasteiger partial charge in [0.15, 0.2) is 0 Å². The standard InChI is InChI=1S/C13H15ClN4O/c1-2-12(8-18-4-3-15-9-18)17-13(19)10-5-11(14)7-16-6-10/h3-7,9,12H,2,8H2,1H3,(H,17,19)/t12-/m0/s1. The van der Waals surface area contributed by atoms with Crippen molar-refractivity contribution in [3.8, 4) is 0 Å². The average Bonchev–Trinajstić information content (AvgIpc) is 2.90. The van der Waals surface area contributed by atoms with Gasteiger partial charge < -0.3 is 9.88 Å². The molecule has 1 N–H and O–H groups in total. The highest BCUT2D eigenvalue weighted by Crippen LogP contribution is 2.09. The zero-order chi connectivity index (χ0) is 13.7. The molecule has 100 valence electrons. The van der Waals surface area contributed by atoms with Gasteiger partial charge in [0.2, 0.25) is 0 Å². The number of halogens is 1. The fourth-order valence-electron chi connectivity index (χ4n) is 1.73. The van der Waals surface area contributed by atoms with Crippen LogP contribution in [0.4, 0.5) is 0 Å². The Kier molecular flexibility index (Phi) is 4.52. The molecule has 0 aliphatic carbocycles. The number of pyridine rings is 1. The minimum Gasteiger partial charge on any atom is -0.347 e. The van der Waals surface area contributed by atoms with E-state index in [9.17, 15) is 4.79 Å². The van der Waals surface area contributed by atoms with Crippen LogP contribution in [0.1, 0.15) is 23.7 Å². The van der Waals surface area contributed by atoms with E-state index in [4.69, 9.17) is 11.6 Å². The lowest BCUT2D eigenvalue weighted by atomic mass is 10.2. The molecule has 0 aromatic carbocycles. The summed E-state index contributed by atoms with van der Waals surface area (Å²) in [6.07, 6.45) is 9.16. The molecule has 0 aliphatic rings. The number of carbonyl (C=O) groups excluding carboxylic acids is 1. The minimum absolute atomic E-state index is 0.0423. The highest BCUT2D eigenvalue weighted by molar-refractivity contribution is 6.30. The largest absolute Gasteiger partial charge is 0.347 e. The molecule has 2 heterocycles. The van der Waals surface area contributed by atoms with Crippen LogP contribution < -0.4 is 5.32 Å². The van der Waals surface area contributed by atoms with Crippen LogP contribution in [0.15, 0.2) is 37.2 Å². The fourth-order valence-corrected chi connectivity index (χ4v) is 1.90. The maximum Gasteiger partial charge on any atom is 0.253 e. The first-order chi connectivity index (χ1) is 9.19. The highest BCUT2D eigenvalue weighted by atomic mass is 35.5. The summed E-state index contributed by atoms with van der Waals surface area (Å²) in [5, 5.41) is 3.42. The molecule has 6 heteroatoms. The van der Waals surface area contributed by atoms with Crippen molar-refractivity contribution in [2.45, 2.75) is 25.9 Å². The number of rotatable bonds is 5. The molecule has 0 aliphatic heterocycles. The van der Waals surface area contributed by atoms with Crippen LogP contribution in [0.25, 0.3) is 0 Å². The Bertz CT molecular complexity index is 541. The Hall–Kier alpha value is -1.88. The van der Waals surface area contributed by atoms with E-state index in [1.165, 1.54) is 12.4 Å². The van der Waals surface area contributed by atoms with Gasteiger partial charge in [-0.3, -0.25) is 9.78 Å². The quantitative estimate of drug-likeness (QED) is 0.911. The van der Waals surface area contributed by atoms with Gasteiger partial charge in [-0.05, 0) is 12.5 Å². The fraction of sp³-hybridized carbons (Fsp3) is 0.308. The topological polar surface area (TPSA) is 59.8 Å². The summed E-state index contributed by atoms with van der Waals surface area (Å²) >= 11 is 5.82. The Morgan fingerprint density at radius 2 is 2.32 bits per heavy atom. The highest BCUT2D eigenvalue weighted by Gasteiger charge is 2.13. The van der Waals surface area contributed by atoms with E-state index in [1.54, 1.807) is 18.6 Å². The molecule has 1 atom stereocenters. The third kappa shape index (κ3) is 3.79. The molecule has 0 saturated heterocycles. The lowest BCUT2D eigenvalue weighted by Crippen LogP contribution is -2.37. The van der Waals surface area contributed by atoms with Crippen molar-refractivity contribution in [3.05, 3.63) is 47.8 Å². The lowest BCUT2D eigenvalue weighted by molar-refractivity contribution is 0.0931. The van der Waals surface area contributed by atoms with E-state index in [-0.39, 0.29) is 11.9 Å². The molecule has 2 aromatic heterocycles. The molecule has 2 aromatic rings. The maximum atomic E-state index is 12.1. The molecule has 0 unspecified atom stereocenters. The van der Waals surface area contributed by atoms with Crippen molar-refractivity contribution in [1.82, 2.24) is 19.9 Å². The van der Waals surface area contributed by atoms with Crippen LogP contribution in [0.2, 0.25) is 5.02 Å². The number of imidazole rings is 1. The number of aromatic nitrogens is 3. The van der Waals surface area contributed by atoms with Gasteiger partial charge in [-0.1, -0.05) is 18.5 Å². The van der Waals surface area contributed by atoms with E-state index in [0.29, 0.717) is 17.1 Å². The average molecular weight is 279 g/mol. The molecule has 0 spiro atoms. The molecular formula is C13H15ClN4O. The first-order valence-electron chi connectivity index (χ1n) is 6.06. The van der Waals surface area contributed by atoms with Crippen molar-refractivity contribution in [2.75, 3.05) is 0 Å². The first kappa shape index (κ1) is 13.5. The van der Waals surface area contributed by atoms with Crippen molar-refractivity contribution in [3.63, 3.8) is 0 Å². The second kappa shape index (κ2) is 6.33. The van der Waals surface area contributed by atoms with Gasteiger partial charge in [-0.2, -0.15) is 0 Å². The molecule has 1 amide bonds. The van der Waals surface area contributed by atoms with Gasteiger partial charge in [0.1, 0.15) is 0 Å². The summed E-state index contributed by atoms with van der Waals surface area (Å²) < 4.78 is 1.94. The predicted octanol–water partition coefficient (Wildman–Crippen LogP) is 2.14. The van der Waals surface area contributed by atoms with Crippen molar-refractivity contribution in [1.29, 1.82) is 0 Å². The van der Waals surface area contributed by atoms with E-state index >= 15 is 0 Å². The van der Waals surface area contributed by atoms with Crippen molar-refractivity contribution < 1.29 is 4.79 Å². The monoisotopic (exact) mass is 278 g/mol. The molecule has 0 saturated carbocycles. The molecule has 0 bridgehead atoms. The third-order valence-electron chi connectivity index (χ3n) is 2.79. The molecule has 0 radical (unpaired) electrons. The van der Waals surface area contributed by atoms with Gasteiger partial charge in [0.25, 0.3) is 5.91 Å². The molecule has 2 rings (SSSR count). The number of nitrogens with zero attached hydrogens (tertiary/aromatic N) is 3. The van der Waals surface area contributed by atoms with Crippen molar-refractivity contribution in [2.24, 2.45) is 0 Å². The summed E-state index contributed by atoms with van der Waals surface area (Å²) in [4.78, 5) is 19.9. The zero-order valence-electron chi connectivity index (χ0n) is 10.6. The summed E-state index contributed by atoms with van der Waals surface area (Å²) in [5.41, 5.74) is 0.469. The Morgan fingerprint density at radius 1 is 1.47 bits per heavy atom. The first-order valence-corrected chi connectivity index (χ1v) is 6.44. The summed E-state index contributed by atoms with van der Waals surface area (Å²) in [5.74, 6) is -0.165. The number of nitrogens with one attached hydrogen (secondary N) is 1. The van der Waals surface area contributed by atoms with E-state index in [1.807, 2.05) is 17.7 Å². The predicted molar refractivity (Wildman–Crippen MR) is 73.0 cm³/mol. The summed E-state index contributed by atoms with van der Waals surface area (Å²) in [6, 6.07) is 1.65. The SMILES string of the molecule is CC[C@@H](Cn1ccnc1)NC(=O)c1cncc(Cl)c1. The zero-order valence-corrected chi connectivity index (χ0v) is 11.3. The van der Waals surface area contributed by atoms with Crippen LogP contribution in [-0.4, -0.2) is 26.5 Å². The van der Waals surface area contributed by atoms with E-state index < -0.39 is 0 Å². The number of amides is 1.